The van der Waals surface area contributed by atoms with Crippen LogP contribution in [-0.2, 0) is 12.8 Å². The minimum Gasteiger partial charge on any atom is -0.491 e. The van der Waals surface area contributed by atoms with E-state index in [4.69, 9.17) is 4.74 Å². The van der Waals surface area contributed by atoms with Gasteiger partial charge >= 0.3 is 0 Å². The Morgan fingerprint density at radius 1 is 1.15 bits per heavy atom. The number of hydrogen-bond donors (Lipinski definition) is 1. The Kier molecular flexibility index (Phi) is 3.50. The van der Waals surface area contributed by atoms with E-state index in [0.29, 0.717) is 12.6 Å². The highest BCUT2D eigenvalue weighted by Crippen LogP contribution is 2.33. The van der Waals surface area contributed by atoms with E-state index in [1.165, 1.54) is 0 Å². The Hall–Kier alpha value is -2.17. The highest BCUT2D eigenvalue weighted by Gasteiger charge is 2.24. The Labute approximate surface area is 118 Å². The first-order valence-electron chi connectivity index (χ1n) is 7.02. The number of para-hydroxylation sites is 1. The molecule has 0 saturated carbocycles. The Balaban J connectivity index is 1.82. The fraction of sp³-hybridized carbons (Fsp3) is 0.400. The van der Waals surface area contributed by atoms with Gasteiger partial charge in [0.05, 0.1) is 17.4 Å². The van der Waals surface area contributed by atoms with Crippen LogP contribution in [0.4, 0.5) is 5.95 Å². The van der Waals surface area contributed by atoms with Gasteiger partial charge in [-0.25, -0.2) is 4.98 Å². The predicted octanol–water partition coefficient (Wildman–Crippen LogP) is 2.54. The molecule has 1 atom stereocenters. The zero-order chi connectivity index (χ0) is 13.9. The van der Waals surface area contributed by atoms with E-state index in [2.05, 4.69) is 40.4 Å². The minimum absolute atomic E-state index is 0.0881. The molecule has 2 aromatic rings. The molecule has 0 amide bonds. The lowest BCUT2D eigenvalue weighted by molar-refractivity contribution is 0.339. The molecule has 0 fully saturated rings. The van der Waals surface area contributed by atoms with Crippen molar-refractivity contribution in [1.82, 2.24) is 15.2 Å². The zero-order valence-electron chi connectivity index (χ0n) is 11.8. The molecule has 1 aromatic carbocycles. The molecule has 0 saturated heterocycles. The average molecular weight is 270 g/mol. The lowest BCUT2D eigenvalue weighted by Gasteiger charge is -2.12. The van der Waals surface area contributed by atoms with Gasteiger partial charge in [-0.3, -0.25) is 0 Å². The van der Waals surface area contributed by atoms with Gasteiger partial charge in [-0.2, -0.15) is 5.10 Å². The summed E-state index contributed by atoms with van der Waals surface area (Å²) in [6.07, 6.45) is 1.73. The van der Waals surface area contributed by atoms with Gasteiger partial charge in [0.25, 0.3) is 0 Å². The van der Waals surface area contributed by atoms with Crippen LogP contribution in [0.1, 0.15) is 36.8 Å². The third-order valence-electron chi connectivity index (χ3n) is 3.51. The molecule has 1 unspecified atom stereocenters. The van der Waals surface area contributed by atoms with Crippen molar-refractivity contribution in [3.63, 3.8) is 0 Å². The molecule has 104 valence electrons. The Bertz CT molecular complexity index is 615. The maximum Gasteiger partial charge on any atom is 0.243 e. The Morgan fingerprint density at radius 2 is 1.95 bits per heavy atom. The van der Waals surface area contributed by atoms with Crippen molar-refractivity contribution >= 4 is 5.95 Å². The van der Waals surface area contributed by atoms with E-state index in [1.807, 2.05) is 18.2 Å². The van der Waals surface area contributed by atoms with Crippen LogP contribution in [-0.4, -0.2) is 21.8 Å². The van der Waals surface area contributed by atoms with Gasteiger partial charge in [0.15, 0.2) is 0 Å². The number of nitrogens with zero attached hydrogens (tertiary/aromatic N) is 3. The minimum atomic E-state index is 0.0881. The summed E-state index contributed by atoms with van der Waals surface area (Å²) < 4.78 is 5.65. The van der Waals surface area contributed by atoms with Crippen LogP contribution in [0, 0.1) is 0 Å². The van der Waals surface area contributed by atoms with Crippen LogP contribution in [0.3, 0.4) is 0 Å². The number of nitrogens with one attached hydrogen (secondary N) is 1. The van der Waals surface area contributed by atoms with Gasteiger partial charge in [0.2, 0.25) is 5.95 Å². The smallest absolute Gasteiger partial charge is 0.243 e. The molecule has 3 rings (SSSR count). The van der Waals surface area contributed by atoms with Crippen LogP contribution in [0.5, 0.6) is 5.75 Å². The van der Waals surface area contributed by atoms with Crippen LogP contribution in [0.15, 0.2) is 24.3 Å². The molecule has 2 heterocycles. The largest absolute Gasteiger partial charge is 0.491 e. The number of anilines is 1. The van der Waals surface area contributed by atoms with Crippen molar-refractivity contribution in [2.75, 3.05) is 11.9 Å². The molecule has 1 aliphatic rings. The highest BCUT2D eigenvalue weighted by atomic mass is 16.5. The van der Waals surface area contributed by atoms with Gasteiger partial charge in [-0.15, -0.1) is 5.10 Å². The third-order valence-corrected chi connectivity index (χ3v) is 3.51. The molecule has 1 aliphatic heterocycles. The second kappa shape index (κ2) is 5.45. The van der Waals surface area contributed by atoms with Gasteiger partial charge in [-0.05, 0) is 18.9 Å². The van der Waals surface area contributed by atoms with Crippen molar-refractivity contribution < 1.29 is 4.74 Å². The van der Waals surface area contributed by atoms with Gasteiger partial charge in [-0.1, -0.05) is 32.0 Å². The van der Waals surface area contributed by atoms with Crippen molar-refractivity contribution in [3.8, 4) is 5.75 Å². The molecule has 1 aromatic heterocycles. The lowest BCUT2D eigenvalue weighted by atomic mass is 10.1. The molecular formula is C15H18N4O. The second-order valence-corrected chi connectivity index (χ2v) is 4.78. The monoisotopic (exact) mass is 270 g/mol. The Morgan fingerprint density at radius 3 is 2.75 bits per heavy atom. The summed E-state index contributed by atoms with van der Waals surface area (Å²) in [6, 6.07) is 8.12. The van der Waals surface area contributed by atoms with Crippen molar-refractivity contribution in [2.24, 2.45) is 0 Å². The zero-order valence-corrected chi connectivity index (χ0v) is 11.8. The van der Waals surface area contributed by atoms with Gasteiger partial charge in [0.1, 0.15) is 12.4 Å². The topological polar surface area (TPSA) is 59.9 Å². The number of benzene rings is 1. The van der Waals surface area contributed by atoms with E-state index in [0.717, 1.165) is 35.5 Å². The molecule has 0 spiro atoms. The van der Waals surface area contributed by atoms with Crippen molar-refractivity contribution in [3.05, 3.63) is 41.2 Å². The fourth-order valence-electron chi connectivity index (χ4n) is 2.44. The molecule has 0 radical (unpaired) electrons. The van der Waals surface area contributed by atoms with Crippen LogP contribution in [0.25, 0.3) is 0 Å². The third kappa shape index (κ3) is 2.31. The SMILES string of the molecule is CCc1nnc(NC2COc3ccccc32)nc1CC. The van der Waals surface area contributed by atoms with Crippen LogP contribution in [0.2, 0.25) is 0 Å². The highest BCUT2D eigenvalue weighted by molar-refractivity contribution is 5.43. The molecular weight excluding hydrogens is 252 g/mol. The molecule has 5 heteroatoms. The number of hydrogen-bond acceptors (Lipinski definition) is 5. The van der Waals surface area contributed by atoms with Crippen molar-refractivity contribution in [1.29, 1.82) is 0 Å². The summed E-state index contributed by atoms with van der Waals surface area (Å²) in [4.78, 5) is 4.56. The summed E-state index contributed by atoms with van der Waals surface area (Å²) in [5.41, 5.74) is 3.13. The van der Waals surface area contributed by atoms with Crippen LogP contribution < -0.4 is 10.1 Å². The van der Waals surface area contributed by atoms with Crippen LogP contribution >= 0.6 is 0 Å². The summed E-state index contributed by atoms with van der Waals surface area (Å²) in [7, 11) is 0. The van der Waals surface area contributed by atoms with E-state index < -0.39 is 0 Å². The first kappa shape index (κ1) is 12.8. The second-order valence-electron chi connectivity index (χ2n) is 4.78. The lowest BCUT2D eigenvalue weighted by Crippen LogP contribution is -2.16. The normalized spacial score (nSPS) is 16.6. The quantitative estimate of drug-likeness (QED) is 0.925. The summed E-state index contributed by atoms with van der Waals surface area (Å²) >= 11 is 0. The maximum atomic E-state index is 5.65. The summed E-state index contributed by atoms with van der Waals surface area (Å²) in [6.45, 7) is 4.75. The molecule has 0 bridgehead atoms. The average Bonchev–Trinajstić information content (AvgIpc) is 2.90. The first-order chi connectivity index (χ1) is 9.81. The number of aryl methyl sites for hydroxylation is 2. The summed E-state index contributed by atoms with van der Waals surface area (Å²) in [5.74, 6) is 1.50. The summed E-state index contributed by atoms with van der Waals surface area (Å²) in [5, 5.41) is 11.7. The first-order valence-corrected chi connectivity index (χ1v) is 7.02. The van der Waals surface area contributed by atoms with E-state index in [-0.39, 0.29) is 6.04 Å². The fourth-order valence-corrected chi connectivity index (χ4v) is 2.44. The molecule has 1 N–H and O–H groups in total. The van der Waals surface area contributed by atoms with Crippen molar-refractivity contribution in [2.45, 2.75) is 32.7 Å². The molecule has 20 heavy (non-hydrogen) atoms. The van der Waals surface area contributed by atoms with Gasteiger partial charge < -0.3 is 10.1 Å². The standard InChI is InChI=1S/C15H18N4O/c1-3-11-12(4-2)18-19-15(16-11)17-13-9-20-14-8-6-5-7-10(13)14/h5-8,13H,3-4,9H2,1-2H3,(H,16,17,19). The number of fused-ring (bicyclic) bond motifs is 1. The number of rotatable bonds is 4. The van der Waals surface area contributed by atoms with E-state index in [1.54, 1.807) is 0 Å². The maximum absolute atomic E-state index is 5.65. The number of ether oxygens (including phenoxy) is 1. The number of aromatic nitrogens is 3. The molecule has 5 nitrogen and oxygen atoms in total. The van der Waals surface area contributed by atoms with Gasteiger partial charge in [0, 0.05) is 5.56 Å². The van der Waals surface area contributed by atoms with E-state index in [9.17, 15) is 0 Å². The predicted molar refractivity (Wildman–Crippen MR) is 76.9 cm³/mol. The van der Waals surface area contributed by atoms with E-state index >= 15 is 0 Å². The molecule has 0 aliphatic carbocycles.